The van der Waals surface area contributed by atoms with Crippen LogP contribution in [-0.2, 0) is 5.41 Å². The van der Waals surface area contributed by atoms with Crippen molar-refractivity contribution in [2.75, 3.05) is 0 Å². The lowest BCUT2D eigenvalue weighted by Crippen LogP contribution is -2.14. The van der Waals surface area contributed by atoms with E-state index >= 15 is 0 Å². The van der Waals surface area contributed by atoms with E-state index in [0.29, 0.717) is 0 Å². The summed E-state index contributed by atoms with van der Waals surface area (Å²) in [5, 5.41) is 7.25. The molecule has 0 radical (unpaired) electrons. The van der Waals surface area contributed by atoms with Crippen molar-refractivity contribution in [3.63, 3.8) is 0 Å². The van der Waals surface area contributed by atoms with Crippen LogP contribution in [0, 0.1) is 0 Å². The molecule has 3 nitrogen and oxygen atoms in total. The van der Waals surface area contributed by atoms with Crippen LogP contribution < -0.4 is 0 Å². The zero-order chi connectivity index (χ0) is 39.7. The first-order chi connectivity index (χ1) is 29.5. The second kappa shape index (κ2) is 12.2. The fraction of sp³-hybridized carbons (Fsp3) is 0.0526. The number of aromatic nitrogens is 2. The van der Waals surface area contributed by atoms with Crippen molar-refractivity contribution in [3.05, 3.63) is 205 Å². The van der Waals surface area contributed by atoms with Gasteiger partial charge in [0.1, 0.15) is 11.2 Å². The van der Waals surface area contributed by atoms with Crippen LogP contribution in [-0.4, -0.2) is 9.13 Å². The zero-order valence-electron chi connectivity index (χ0n) is 33.3. The minimum Gasteiger partial charge on any atom is -0.456 e. The van der Waals surface area contributed by atoms with Gasteiger partial charge < -0.3 is 13.6 Å². The molecule has 3 heteroatoms. The Morgan fingerprint density at radius 3 is 1.70 bits per heavy atom. The van der Waals surface area contributed by atoms with E-state index in [1.807, 2.05) is 0 Å². The van der Waals surface area contributed by atoms with Crippen LogP contribution in [0.15, 0.2) is 199 Å². The predicted molar refractivity (Wildman–Crippen MR) is 251 cm³/mol. The summed E-state index contributed by atoms with van der Waals surface area (Å²) in [6.07, 6.45) is 0. The number of para-hydroxylation sites is 3. The lowest BCUT2D eigenvalue weighted by atomic mass is 9.82. The fourth-order valence-electron chi connectivity index (χ4n) is 10.5. The number of hydrogen-bond donors (Lipinski definition) is 0. The van der Waals surface area contributed by atoms with Crippen LogP contribution in [0.2, 0.25) is 0 Å². The minimum absolute atomic E-state index is 0.0856. The van der Waals surface area contributed by atoms with Crippen molar-refractivity contribution in [1.82, 2.24) is 9.13 Å². The molecule has 0 aliphatic heterocycles. The second-order valence-electron chi connectivity index (χ2n) is 16.9. The molecule has 12 aromatic rings. The summed E-state index contributed by atoms with van der Waals surface area (Å²) in [6.45, 7) is 4.72. The van der Waals surface area contributed by atoms with E-state index in [1.54, 1.807) is 0 Å². The molecule has 0 amide bonds. The van der Waals surface area contributed by atoms with Crippen molar-refractivity contribution >= 4 is 65.6 Å². The SMILES string of the molecule is CC1(C)c2ccccc2-c2cc3c4cc(-c5ccc6oc7cccc(-c8ccc9c(c8)c8ccccc8n9-c8ccccc8)c7c6c5)ccc4n(-c4ccccc4)c3cc21. The van der Waals surface area contributed by atoms with Crippen LogP contribution in [0.1, 0.15) is 25.0 Å². The molecule has 3 aromatic heterocycles. The molecule has 0 bridgehead atoms. The molecule has 0 atom stereocenters. The standard InChI is InChI=1S/C57H38N2O/c1-57(2)48-21-11-9-18-41(48)43-33-46-45-30-35(24-27-52(45)59(53(46)34-49(43)57)39-16-7-4-8-17-39)36-26-29-54-47(31-36)56-40(20-13-23-55(56)60-54)37-25-28-51-44(32-37)42-19-10-12-22-50(42)58(51)38-14-5-3-6-15-38/h3-34H,1-2H3. The third-order valence-electron chi connectivity index (χ3n) is 13.3. The Bertz CT molecular complexity index is 3730. The monoisotopic (exact) mass is 766 g/mol. The Labute approximate surface area is 347 Å². The largest absolute Gasteiger partial charge is 0.456 e. The van der Waals surface area contributed by atoms with Gasteiger partial charge in [0.2, 0.25) is 0 Å². The van der Waals surface area contributed by atoms with Crippen LogP contribution in [0.3, 0.4) is 0 Å². The molecule has 13 rings (SSSR count). The van der Waals surface area contributed by atoms with Crippen molar-refractivity contribution in [1.29, 1.82) is 0 Å². The molecule has 1 aliphatic rings. The summed E-state index contributed by atoms with van der Waals surface area (Å²) in [4.78, 5) is 0. The van der Waals surface area contributed by atoms with Crippen molar-refractivity contribution in [2.24, 2.45) is 0 Å². The zero-order valence-corrected chi connectivity index (χ0v) is 33.3. The molecular formula is C57H38N2O. The lowest BCUT2D eigenvalue weighted by Gasteiger charge is -2.21. The highest BCUT2D eigenvalue weighted by molar-refractivity contribution is 6.17. The number of hydrogen-bond acceptors (Lipinski definition) is 1. The van der Waals surface area contributed by atoms with Gasteiger partial charge in [-0.1, -0.05) is 123 Å². The average molecular weight is 767 g/mol. The smallest absolute Gasteiger partial charge is 0.136 e. The highest BCUT2D eigenvalue weighted by atomic mass is 16.3. The molecule has 9 aromatic carbocycles. The van der Waals surface area contributed by atoms with Gasteiger partial charge in [-0.15, -0.1) is 0 Å². The average Bonchev–Trinajstić information content (AvgIpc) is 4.00. The second-order valence-corrected chi connectivity index (χ2v) is 16.9. The maximum absolute atomic E-state index is 6.59. The summed E-state index contributed by atoms with van der Waals surface area (Å²) in [5.41, 5.74) is 19.0. The number of benzene rings is 9. The van der Waals surface area contributed by atoms with Gasteiger partial charge in [-0.05, 0) is 129 Å². The predicted octanol–water partition coefficient (Wildman–Crippen LogP) is 15.4. The third-order valence-corrected chi connectivity index (χ3v) is 13.3. The van der Waals surface area contributed by atoms with E-state index < -0.39 is 0 Å². The Morgan fingerprint density at radius 2 is 0.917 bits per heavy atom. The molecule has 60 heavy (non-hydrogen) atoms. The maximum Gasteiger partial charge on any atom is 0.136 e. The molecular weight excluding hydrogens is 729 g/mol. The van der Waals surface area contributed by atoms with Gasteiger partial charge in [0.15, 0.2) is 0 Å². The molecule has 0 saturated carbocycles. The number of nitrogens with zero attached hydrogens (tertiary/aromatic N) is 2. The Kier molecular flexibility index (Phi) is 6.78. The first kappa shape index (κ1) is 33.4. The van der Waals surface area contributed by atoms with E-state index in [0.717, 1.165) is 33.2 Å². The summed E-state index contributed by atoms with van der Waals surface area (Å²) in [6, 6.07) is 71.1. The third kappa shape index (κ3) is 4.60. The van der Waals surface area contributed by atoms with Gasteiger partial charge in [0.05, 0.1) is 22.1 Å². The molecule has 0 unspecified atom stereocenters. The van der Waals surface area contributed by atoms with E-state index in [1.165, 1.54) is 88.2 Å². The molecule has 0 spiro atoms. The summed E-state index contributed by atoms with van der Waals surface area (Å²) < 4.78 is 11.4. The van der Waals surface area contributed by atoms with E-state index in [-0.39, 0.29) is 5.41 Å². The first-order valence-corrected chi connectivity index (χ1v) is 20.8. The Balaban J connectivity index is 1.00. The minimum atomic E-state index is -0.0856. The topological polar surface area (TPSA) is 23.0 Å². The van der Waals surface area contributed by atoms with Gasteiger partial charge in [-0.3, -0.25) is 0 Å². The molecule has 1 aliphatic carbocycles. The molecule has 0 saturated heterocycles. The van der Waals surface area contributed by atoms with Gasteiger partial charge >= 0.3 is 0 Å². The van der Waals surface area contributed by atoms with Crippen molar-refractivity contribution < 1.29 is 4.42 Å². The van der Waals surface area contributed by atoms with E-state index in [4.69, 9.17) is 4.42 Å². The highest BCUT2D eigenvalue weighted by Gasteiger charge is 2.36. The highest BCUT2D eigenvalue weighted by Crippen LogP contribution is 2.51. The molecule has 0 fully saturated rings. The van der Waals surface area contributed by atoms with Gasteiger partial charge in [-0.25, -0.2) is 0 Å². The summed E-state index contributed by atoms with van der Waals surface area (Å²) in [7, 11) is 0. The van der Waals surface area contributed by atoms with Gasteiger partial charge in [0.25, 0.3) is 0 Å². The quantitative estimate of drug-likeness (QED) is 0.175. The molecule has 0 N–H and O–H groups in total. The molecule has 3 heterocycles. The number of fused-ring (bicyclic) bond motifs is 12. The first-order valence-electron chi connectivity index (χ1n) is 20.8. The Hall–Kier alpha value is -7.62. The normalized spacial score (nSPS) is 13.3. The van der Waals surface area contributed by atoms with Crippen LogP contribution >= 0.6 is 0 Å². The van der Waals surface area contributed by atoms with Crippen LogP contribution in [0.4, 0.5) is 0 Å². The van der Waals surface area contributed by atoms with Crippen molar-refractivity contribution in [3.8, 4) is 44.8 Å². The molecule has 282 valence electrons. The number of furan rings is 1. The summed E-state index contributed by atoms with van der Waals surface area (Å²) in [5.74, 6) is 0. The van der Waals surface area contributed by atoms with Gasteiger partial charge in [0, 0.05) is 49.1 Å². The van der Waals surface area contributed by atoms with Crippen molar-refractivity contribution in [2.45, 2.75) is 19.3 Å². The number of rotatable bonds is 4. The van der Waals surface area contributed by atoms with Gasteiger partial charge in [-0.2, -0.15) is 0 Å². The van der Waals surface area contributed by atoms with Crippen LogP contribution in [0.5, 0.6) is 0 Å². The fourth-order valence-corrected chi connectivity index (χ4v) is 10.5. The van der Waals surface area contributed by atoms with Crippen LogP contribution in [0.25, 0.3) is 110 Å². The maximum atomic E-state index is 6.59. The summed E-state index contributed by atoms with van der Waals surface area (Å²) >= 11 is 0. The van der Waals surface area contributed by atoms with E-state index in [9.17, 15) is 0 Å². The van der Waals surface area contributed by atoms with E-state index in [2.05, 4.69) is 217 Å². The Morgan fingerprint density at radius 1 is 0.350 bits per heavy atom. The lowest BCUT2D eigenvalue weighted by molar-refractivity contribution is 0.661.